The number of hydrogen-bond acceptors (Lipinski definition) is 4. The topological polar surface area (TPSA) is 38.7 Å². The van der Waals surface area contributed by atoms with Crippen LogP contribution in [-0.4, -0.2) is 18.0 Å². The number of benzene rings is 2. The van der Waals surface area contributed by atoms with Gasteiger partial charge in [0.1, 0.15) is 23.4 Å². The molecule has 4 heteroatoms. The fourth-order valence-corrected chi connectivity index (χ4v) is 3.54. The molecule has 0 saturated heterocycles. The first-order valence-corrected chi connectivity index (χ1v) is 7.85. The second kappa shape index (κ2) is 5.53. The van der Waals surface area contributed by atoms with E-state index >= 15 is 0 Å². The van der Waals surface area contributed by atoms with Crippen LogP contribution in [0.4, 0.5) is 0 Å². The van der Waals surface area contributed by atoms with Gasteiger partial charge in [0.05, 0.1) is 12.0 Å². The number of phenols is 1. The Morgan fingerprint density at radius 3 is 2.57 bits per heavy atom. The Morgan fingerprint density at radius 1 is 1.19 bits per heavy atom. The summed E-state index contributed by atoms with van der Waals surface area (Å²) in [4.78, 5) is 1.01. The van der Waals surface area contributed by atoms with Gasteiger partial charge in [-0.05, 0) is 48.7 Å². The fraction of sp³-hybridized carbons (Fsp3) is 0.294. The third kappa shape index (κ3) is 2.56. The zero-order valence-electron chi connectivity index (χ0n) is 12.3. The van der Waals surface area contributed by atoms with Crippen molar-refractivity contribution in [2.24, 2.45) is 0 Å². The van der Waals surface area contributed by atoms with Crippen molar-refractivity contribution in [3.63, 3.8) is 0 Å². The maximum atomic E-state index is 9.91. The van der Waals surface area contributed by atoms with Gasteiger partial charge in [-0.2, -0.15) is 0 Å². The normalized spacial score (nSPS) is 17.0. The summed E-state index contributed by atoms with van der Waals surface area (Å²) >= 11 is 1.72. The van der Waals surface area contributed by atoms with E-state index in [9.17, 15) is 5.11 Å². The van der Waals surface area contributed by atoms with Gasteiger partial charge in [0, 0.05) is 5.75 Å². The average Bonchev–Trinajstić information content (AvgIpc) is 2.53. The van der Waals surface area contributed by atoms with Crippen molar-refractivity contribution < 1.29 is 14.6 Å². The highest BCUT2D eigenvalue weighted by atomic mass is 32.2. The summed E-state index contributed by atoms with van der Waals surface area (Å²) in [5.74, 6) is 2.91. The number of ether oxygens (including phenoxy) is 2. The van der Waals surface area contributed by atoms with Gasteiger partial charge in [-0.1, -0.05) is 12.1 Å². The molecule has 0 amide bonds. The van der Waals surface area contributed by atoms with Gasteiger partial charge in [0.25, 0.3) is 0 Å². The molecule has 1 heterocycles. The molecular weight excluding hydrogens is 284 g/mol. The molecule has 0 saturated carbocycles. The van der Waals surface area contributed by atoms with Crippen LogP contribution in [0.1, 0.15) is 22.8 Å². The van der Waals surface area contributed by atoms with Crippen LogP contribution in [0.25, 0.3) is 0 Å². The number of thioether (sulfide) groups is 1. The van der Waals surface area contributed by atoms with E-state index in [1.807, 2.05) is 38.1 Å². The van der Waals surface area contributed by atoms with Crippen LogP contribution < -0.4 is 9.47 Å². The highest BCUT2D eigenvalue weighted by molar-refractivity contribution is 7.99. The second-order valence-electron chi connectivity index (χ2n) is 5.16. The van der Waals surface area contributed by atoms with Crippen molar-refractivity contribution in [1.82, 2.24) is 0 Å². The summed E-state index contributed by atoms with van der Waals surface area (Å²) < 4.78 is 11.4. The number of rotatable bonds is 2. The van der Waals surface area contributed by atoms with Crippen LogP contribution in [0.2, 0.25) is 0 Å². The molecule has 21 heavy (non-hydrogen) atoms. The number of phenolic OH excluding ortho intramolecular Hbond substituents is 1. The molecule has 3 rings (SSSR count). The smallest absolute Gasteiger partial charge is 0.137 e. The van der Waals surface area contributed by atoms with Crippen molar-refractivity contribution in [3.05, 3.63) is 47.0 Å². The molecule has 110 valence electrons. The number of aromatic hydroxyl groups is 1. The minimum Gasteiger partial charge on any atom is -0.508 e. The average molecular weight is 302 g/mol. The van der Waals surface area contributed by atoms with Crippen LogP contribution in [0.15, 0.2) is 35.2 Å². The zero-order valence-corrected chi connectivity index (χ0v) is 13.2. The van der Waals surface area contributed by atoms with Gasteiger partial charge in [-0.3, -0.25) is 0 Å². The van der Waals surface area contributed by atoms with Gasteiger partial charge in [0.2, 0.25) is 0 Å². The Morgan fingerprint density at radius 2 is 1.90 bits per heavy atom. The number of hydrogen-bond donors (Lipinski definition) is 1. The predicted octanol–water partition coefficient (Wildman–Crippen LogP) is 4.24. The number of methoxy groups -OCH3 is 1. The Kier molecular flexibility index (Phi) is 3.72. The van der Waals surface area contributed by atoms with Gasteiger partial charge in [0.15, 0.2) is 0 Å². The van der Waals surface area contributed by atoms with Crippen LogP contribution in [0, 0.1) is 13.8 Å². The van der Waals surface area contributed by atoms with E-state index in [2.05, 4.69) is 0 Å². The molecular formula is C17H18O3S. The quantitative estimate of drug-likeness (QED) is 0.900. The summed E-state index contributed by atoms with van der Waals surface area (Å²) in [6.07, 6.45) is 0.0241. The molecule has 1 unspecified atom stereocenters. The first-order chi connectivity index (χ1) is 10.1. The summed E-state index contributed by atoms with van der Waals surface area (Å²) in [6, 6.07) is 9.78. The highest BCUT2D eigenvalue weighted by Gasteiger charge is 2.25. The molecule has 0 aromatic heterocycles. The predicted molar refractivity (Wildman–Crippen MR) is 84.7 cm³/mol. The van der Waals surface area contributed by atoms with Crippen molar-refractivity contribution in [2.75, 3.05) is 12.9 Å². The molecule has 2 aromatic carbocycles. The standard InChI is InChI=1S/C17H18O3S/c1-10-11(2)17-16(8-14(10)18)21-9-15(20-17)12-4-6-13(19-3)7-5-12/h4-8,15,18H,9H2,1-3H3. The van der Waals surface area contributed by atoms with Crippen molar-refractivity contribution in [2.45, 2.75) is 24.8 Å². The van der Waals surface area contributed by atoms with Crippen LogP contribution in [0.5, 0.6) is 17.2 Å². The lowest BCUT2D eigenvalue weighted by Crippen LogP contribution is -2.16. The Labute approximate surface area is 128 Å². The maximum absolute atomic E-state index is 9.91. The van der Waals surface area contributed by atoms with E-state index in [0.717, 1.165) is 38.8 Å². The van der Waals surface area contributed by atoms with Crippen LogP contribution >= 0.6 is 11.8 Å². The Hall–Kier alpha value is -1.81. The van der Waals surface area contributed by atoms with Crippen molar-refractivity contribution in [3.8, 4) is 17.2 Å². The Balaban J connectivity index is 1.91. The van der Waals surface area contributed by atoms with Crippen LogP contribution in [-0.2, 0) is 0 Å². The monoisotopic (exact) mass is 302 g/mol. The molecule has 0 radical (unpaired) electrons. The second-order valence-corrected chi connectivity index (χ2v) is 6.23. The lowest BCUT2D eigenvalue weighted by molar-refractivity contribution is 0.218. The minimum atomic E-state index is 0.0241. The molecule has 0 spiro atoms. The van der Waals surface area contributed by atoms with Gasteiger partial charge >= 0.3 is 0 Å². The summed E-state index contributed by atoms with van der Waals surface area (Å²) in [6.45, 7) is 3.90. The lowest BCUT2D eigenvalue weighted by Gasteiger charge is -2.28. The van der Waals surface area contributed by atoms with E-state index in [0.29, 0.717) is 5.75 Å². The molecule has 3 nitrogen and oxygen atoms in total. The molecule has 1 aliphatic rings. The van der Waals surface area contributed by atoms with Gasteiger partial charge in [-0.25, -0.2) is 0 Å². The van der Waals surface area contributed by atoms with E-state index in [1.54, 1.807) is 24.9 Å². The fourth-order valence-electron chi connectivity index (χ4n) is 2.42. The summed E-state index contributed by atoms with van der Waals surface area (Å²) in [5, 5.41) is 9.91. The maximum Gasteiger partial charge on any atom is 0.137 e. The molecule has 1 atom stereocenters. The molecule has 0 aliphatic carbocycles. The summed E-state index contributed by atoms with van der Waals surface area (Å²) in [7, 11) is 1.66. The van der Waals surface area contributed by atoms with E-state index in [4.69, 9.17) is 9.47 Å². The van der Waals surface area contributed by atoms with Gasteiger partial charge in [-0.15, -0.1) is 11.8 Å². The van der Waals surface area contributed by atoms with E-state index in [1.165, 1.54) is 0 Å². The SMILES string of the molecule is COc1ccc(C2CSc3cc(O)c(C)c(C)c3O2)cc1. The summed E-state index contributed by atoms with van der Waals surface area (Å²) in [5.41, 5.74) is 3.03. The molecule has 0 fully saturated rings. The van der Waals surface area contributed by atoms with E-state index < -0.39 is 0 Å². The third-order valence-corrected chi connectivity index (χ3v) is 5.00. The number of fused-ring (bicyclic) bond motifs is 1. The first kappa shape index (κ1) is 14.1. The lowest BCUT2D eigenvalue weighted by atomic mass is 10.1. The van der Waals surface area contributed by atoms with Crippen molar-refractivity contribution >= 4 is 11.8 Å². The van der Waals surface area contributed by atoms with Crippen LogP contribution in [0.3, 0.4) is 0 Å². The van der Waals surface area contributed by atoms with Crippen molar-refractivity contribution in [1.29, 1.82) is 0 Å². The third-order valence-electron chi connectivity index (χ3n) is 3.92. The molecule has 0 bridgehead atoms. The molecule has 2 aromatic rings. The van der Waals surface area contributed by atoms with E-state index in [-0.39, 0.29) is 6.10 Å². The minimum absolute atomic E-state index is 0.0241. The highest BCUT2D eigenvalue weighted by Crippen LogP contribution is 2.45. The Bertz CT molecular complexity index is 665. The first-order valence-electron chi connectivity index (χ1n) is 6.86. The van der Waals surface area contributed by atoms with Gasteiger partial charge < -0.3 is 14.6 Å². The largest absolute Gasteiger partial charge is 0.508 e. The molecule has 1 N–H and O–H groups in total. The molecule has 1 aliphatic heterocycles. The zero-order chi connectivity index (χ0) is 15.0.